The number of carboxylic acids is 1. The number of hydrogen-bond acceptors (Lipinski definition) is 3. The average molecular weight is 325 g/mol. The van der Waals surface area contributed by atoms with Gasteiger partial charge in [0.2, 0.25) is 5.91 Å². The number of benzene rings is 1. The topological polar surface area (TPSA) is 77.9 Å². The minimum Gasteiger partial charge on any atom is -0.481 e. The molecule has 7 heteroatoms. The van der Waals surface area contributed by atoms with Crippen molar-refractivity contribution in [3.05, 3.63) is 28.8 Å². The molecule has 0 saturated carbocycles. The van der Waals surface area contributed by atoms with Gasteiger partial charge in [-0.2, -0.15) is 0 Å². The van der Waals surface area contributed by atoms with E-state index in [4.69, 9.17) is 16.7 Å². The Hall–Kier alpha value is -2.08. The highest BCUT2D eigenvalue weighted by Crippen LogP contribution is 2.27. The van der Waals surface area contributed by atoms with Gasteiger partial charge in [0, 0.05) is 32.2 Å². The SMILES string of the molecule is CN(CCC(=O)O)C(=O)c1cc(N2CCCC2=O)ccc1Cl. The molecule has 1 heterocycles. The van der Waals surface area contributed by atoms with Crippen molar-refractivity contribution in [2.24, 2.45) is 0 Å². The first kappa shape index (κ1) is 16.3. The molecule has 0 bridgehead atoms. The van der Waals surface area contributed by atoms with Gasteiger partial charge in [-0.1, -0.05) is 11.6 Å². The van der Waals surface area contributed by atoms with E-state index in [1.807, 2.05) is 0 Å². The number of carbonyl (C=O) groups is 3. The number of amides is 2. The number of carbonyl (C=O) groups excluding carboxylic acids is 2. The first-order valence-electron chi connectivity index (χ1n) is 6.97. The molecule has 0 aliphatic carbocycles. The van der Waals surface area contributed by atoms with E-state index in [9.17, 15) is 14.4 Å². The molecule has 0 unspecified atom stereocenters. The molecule has 2 amide bonds. The minimum atomic E-state index is -0.970. The van der Waals surface area contributed by atoms with E-state index in [1.54, 1.807) is 23.1 Å². The van der Waals surface area contributed by atoms with Crippen molar-refractivity contribution >= 4 is 35.1 Å². The molecule has 6 nitrogen and oxygen atoms in total. The average Bonchev–Trinajstić information content (AvgIpc) is 2.90. The quantitative estimate of drug-likeness (QED) is 0.898. The van der Waals surface area contributed by atoms with Gasteiger partial charge in [-0.15, -0.1) is 0 Å². The molecule has 22 heavy (non-hydrogen) atoms. The smallest absolute Gasteiger partial charge is 0.305 e. The summed E-state index contributed by atoms with van der Waals surface area (Å²) in [6, 6.07) is 4.88. The molecule has 2 rings (SSSR count). The fourth-order valence-electron chi connectivity index (χ4n) is 2.34. The van der Waals surface area contributed by atoms with Crippen LogP contribution in [-0.2, 0) is 9.59 Å². The van der Waals surface area contributed by atoms with E-state index in [0.717, 1.165) is 6.42 Å². The standard InChI is InChI=1S/C15H17ClN2O4/c1-17(8-6-14(20)21)15(22)11-9-10(4-5-12(11)16)18-7-2-3-13(18)19/h4-5,9H,2-3,6-8H2,1H3,(H,20,21). The summed E-state index contributed by atoms with van der Waals surface area (Å²) in [5.41, 5.74) is 0.911. The van der Waals surface area contributed by atoms with Gasteiger partial charge in [-0.25, -0.2) is 0 Å². The normalized spacial score (nSPS) is 14.3. The number of nitrogens with zero attached hydrogens (tertiary/aromatic N) is 2. The van der Waals surface area contributed by atoms with Crippen LogP contribution in [0.3, 0.4) is 0 Å². The van der Waals surface area contributed by atoms with Crippen LogP contribution >= 0.6 is 11.6 Å². The van der Waals surface area contributed by atoms with Crippen LogP contribution in [0.4, 0.5) is 5.69 Å². The zero-order valence-corrected chi connectivity index (χ0v) is 13.0. The second kappa shape index (κ2) is 6.79. The highest BCUT2D eigenvalue weighted by molar-refractivity contribution is 6.34. The molecule has 1 fully saturated rings. The van der Waals surface area contributed by atoms with Gasteiger partial charge >= 0.3 is 5.97 Å². The lowest BCUT2D eigenvalue weighted by Crippen LogP contribution is -2.30. The van der Waals surface area contributed by atoms with Crippen molar-refractivity contribution in [2.45, 2.75) is 19.3 Å². The number of anilines is 1. The van der Waals surface area contributed by atoms with Crippen LogP contribution in [0.15, 0.2) is 18.2 Å². The molecule has 0 radical (unpaired) electrons. The Kier molecular flexibility index (Phi) is 5.03. The summed E-state index contributed by atoms with van der Waals surface area (Å²) in [5, 5.41) is 8.96. The van der Waals surface area contributed by atoms with E-state index in [1.165, 1.54) is 11.9 Å². The molecule has 1 aromatic rings. The number of aliphatic carboxylic acids is 1. The number of rotatable bonds is 5. The van der Waals surface area contributed by atoms with Gasteiger partial charge < -0.3 is 14.9 Å². The molecular formula is C15H17ClN2O4. The summed E-state index contributed by atoms with van der Waals surface area (Å²) in [6.45, 7) is 0.723. The maximum absolute atomic E-state index is 12.4. The molecule has 0 aromatic heterocycles. The van der Waals surface area contributed by atoms with Crippen LogP contribution < -0.4 is 4.90 Å². The molecule has 1 aliphatic rings. The number of carboxylic acid groups (broad SMARTS) is 1. The first-order chi connectivity index (χ1) is 10.4. The molecule has 1 aliphatic heterocycles. The van der Waals surface area contributed by atoms with E-state index < -0.39 is 5.97 Å². The lowest BCUT2D eigenvalue weighted by molar-refractivity contribution is -0.137. The predicted molar refractivity (Wildman–Crippen MR) is 82.3 cm³/mol. The lowest BCUT2D eigenvalue weighted by atomic mass is 10.1. The van der Waals surface area contributed by atoms with E-state index in [-0.39, 0.29) is 35.4 Å². The highest BCUT2D eigenvalue weighted by Gasteiger charge is 2.24. The van der Waals surface area contributed by atoms with Crippen LogP contribution in [0.2, 0.25) is 5.02 Å². The molecule has 1 aromatic carbocycles. The Morgan fingerprint density at radius 3 is 2.73 bits per heavy atom. The van der Waals surface area contributed by atoms with Crippen LogP contribution in [-0.4, -0.2) is 47.9 Å². The van der Waals surface area contributed by atoms with Crippen LogP contribution in [0.1, 0.15) is 29.6 Å². The summed E-state index contributed by atoms with van der Waals surface area (Å²) >= 11 is 6.07. The van der Waals surface area contributed by atoms with Crippen LogP contribution in [0.25, 0.3) is 0 Å². The first-order valence-corrected chi connectivity index (χ1v) is 7.35. The Morgan fingerprint density at radius 1 is 1.41 bits per heavy atom. The van der Waals surface area contributed by atoms with Crippen molar-refractivity contribution in [3.63, 3.8) is 0 Å². The third-order valence-corrected chi connectivity index (χ3v) is 3.90. The van der Waals surface area contributed by atoms with Crippen molar-refractivity contribution in [3.8, 4) is 0 Å². The molecule has 1 saturated heterocycles. The van der Waals surface area contributed by atoms with Crippen LogP contribution in [0, 0.1) is 0 Å². The molecule has 0 atom stereocenters. The van der Waals surface area contributed by atoms with Gasteiger partial charge in [0.05, 0.1) is 17.0 Å². The predicted octanol–water partition coefficient (Wildman–Crippen LogP) is 2.01. The summed E-state index contributed by atoms with van der Waals surface area (Å²) in [6.07, 6.45) is 1.16. The zero-order chi connectivity index (χ0) is 16.3. The van der Waals surface area contributed by atoms with E-state index in [2.05, 4.69) is 0 Å². The Bertz CT molecular complexity index is 618. The van der Waals surface area contributed by atoms with Crippen molar-refractivity contribution in [1.82, 2.24) is 4.90 Å². The molecular weight excluding hydrogens is 308 g/mol. The van der Waals surface area contributed by atoms with Crippen molar-refractivity contribution in [1.29, 1.82) is 0 Å². The highest BCUT2D eigenvalue weighted by atomic mass is 35.5. The lowest BCUT2D eigenvalue weighted by Gasteiger charge is -2.20. The van der Waals surface area contributed by atoms with Gasteiger partial charge in [0.25, 0.3) is 5.91 Å². The summed E-state index contributed by atoms with van der Waals surface area (Å²) in [5.74, 6) is -1.30. The van der Waals surface area contributed by atoms with Crippen molar-refractivity contribution < 1.29 is 19.5 Å². The maximum atomic E-state index is 12.4. The Labute approximate surface area is 133 Å². The Balaban J connectivity index is 2.20. The van der Waals surface area contributed by atoms with Gasteiger partial charge in [-0.3, -0.25) is 14.4 Å². The molecule has 1 N–H and O–H groups in total. The second-order valence-electron chi connectivity index (χ2n) is 5.18. The maximum Gasteiger partial charge on any atom is 0.305 e. The third-order valence-electron chi connectivity index (χ3n) is 3.57. The zero-order valence-electron chi connectivity index (χ0n) is 12.2. The summed E-state index contributed by atoms with van der Waals surface area (Å²) in [4.78, 5) is 37.7. The molecule has 0 spiro atoms. The number of halogens is 1. The van der Waals surface area contributed by atoms with E-state index in [0.29, 0.717) is 18.7 Å². The number of hydrogen-bond donors (Lipinski definition) is 1. The monoisotopic (exact) mass is 324 g/mol. The van der Waals surface area contributed by atoms with Gasteiger partial charge in [0.1, 0.15) is 0 Å². The largest absolute Gasteiger partial charge is 0.481 e. The van der Waals surface area contributed by atoms with Gasteiger partial charge in [0.15, 0.2) is 0 Å². The second-order valence-corrected chi connectivity index (χ2v) is 5.59. The Morgan fingerprint density at radius 2 is 2.14 bits per heavy atom. The van der Waals surface area contributed by atoms with Crippen LogP contribution in [0.5, 0.6) is 0 Å². The summed E-state index contributed by atoms with van der Waals surface area (Å²) < 4.78 is 0. The molecule has 118 valence electrons. The summed E-state index contributed by atoms with van der Waals surface area (Å²) in [7, 11) is 1.52. The van der Waals surface area contributed by atoms with Crippen molar-refractivity contribution in [2.75, 3.05) is 25.0 Å². The van der Waals surface area contributed by atoms with E-state index >= 15 is 0 Å². The fourth-order valence-corrected chi connectivity index (χ4v) is 2.54. The fraction of sp³-hybridized carbons (Fsp3) is 0.400. The third kappa shape index (κ3) is 3.57. The van der Waals surface area contributed by atoms with Gasteiger partial charge in [-0.05, 0) is 24.6 Å². The minimum absolute atomic E-state index is 0.0277.